The maximum absolute atomic E-state index is 11.2. The highest BCUT2D eigenvalue weighted by Gasteiger charge is 2.12. The van der Waals surface area contributed by atoms with Crippen LogP contribution in [0.25, 0.3) is 0 Å². The fourth-order valence-electron chi connectivity index (χ4n) is 1.83. The van der Waals surface area contributed by atoms with Crippen molar-refractivity contribution in [3.8, 4) is 11.5 Å². The van der Waals surface area contributed by atoms with E-state index in [1.165, 1.54) is 18.2 Å². The number of hydrogen-bond acceptors (Lipinski definition) is 3. The smallest absolute Gasteiger partial charge is 0.339 e. The van der Waals surface area contributed by atoms with E-state index in [9.17, 15) is 4.79 Å². The number of benzene rings is 2. The third-order valence-corrected chi connectivity index (χ3v) is 3.16. The second-order valence-electron chi connectivity index (χ2n) is 4.43. The monoisotopic (exact) mass is 306 g/mol. The molecule has 0 saturated carbocycles. The summed E-state index contributed by atoms with van der Waals surface area (Å²) in [5.74, 6) is -0.279. The summed E-state index contributed by atoms with van der Waals surface area (Å²) < 4.78 is 10.6. The highest BCUT2D eigenvalue weighted by Crippen LogP contribution is 2.28. The number of halogens is 1. The number of hydrogen-bond donors (Lipinski definition) is 1. The molecular weight excluding hydrogens is 292 g/mol. The predicted octanol–water partition coefficient (Wildman–Crippen LogP) is 4.02. The second-order valence-corrected chi connectivity index (χ2v) is 4.87. The molecular formula is C16H15ClO4. The molecule has 21 heavy (non-hydrogen) atoms. The molecule has 110 valence electrons. The molecule has 0 aromatic heterocycles. The van der Waals surface area contributed by atoms with E-state index in [4.69, 9.17) is 26.2 Å². The summed E-state index contributed by atoms with van der Waals surface area (Å²) in [7, 11) is 1.66. The van der Waals surface area contributed by atoms with Gasteiger partial charge in [0.1, 0.15) is 17.1 Å². The maximum atomic E-state index is 11.2. The van der Waals surface area contributed by atoms with E-state index < -0.39 is 5.97 Å². The van der Waals surface area contributed by atoms with Gasteiger partial charge in [-0.3, -0.25) is 0 Å². The van der Waals surface area contributed by atoms with Crippen molar-refractivity contribution in [3.05, 3.63) is 58.6 Å². The first-order chi connectivity index (χ1) is 10.1. The van der Waals surface area contributed by atoms with Gasteiger partial charge in [0.05, 0.1) is 6.61 Å². The zero-order chi connectivity index (χ0) is 15.2. The van der Waals surface area contributed by atoms with Crippen LogP contribution in [-0.2, 0) is 11.2 Å². The molecule has 0 unspecified atom stereocenters. The van der Waals surface area contributed by atoms with Gasteiger partial charge in [-0.25, -0.2) is 4.79 Å². The highest BCUT2D eigenvalue weighted by molar-refractivity contribution is 6.30. The average Bonchev–Trinajstić information content (AvgIpc) is 2.46. The van der Waals surface area contributed by atoms with Crippen molar-refractivity contribution in [2.24, 2.45) is 0 Å². The Hall–Kier alpha value is -2.04. The topological polar surface area (TPSA) is 55.8 Å². The van der Waals surface area contributed by atoms with Gasteiger partial charge >= 0.3 is 5.97 Å². The molecule has 0 saturated heterocycles. The molecule has 0 radical (unpaired) electrons. The summed E-state index contributed by atoms with van der Waals surface area (Å²) in [6.45, 7) is 0.650. The predicted molar refractivity (Wildman–Crippen MR) is 80.5 cm³/mol. The van der Waals surface area contributed by atoms with Gasteiger partial charge < -0.3 is 14.6 Å². The molecule has 0 heterocycles. The number of carbonyl (C=O) groups is 1. The number of carboxylic acid groups (broad SMARTS) is 1. The zero-order valence-electron chi connectivity index (χ0n) is 11.5. The summed E-state index contributed by atoms with van der Waals surface area (Å²) in [5.41, 5.74) is 1.19. The van der Waals surface area contributed by atoms with Crippen LogP contribution in [0.2, 0.25) is 5.02 Å². The fraction of sp³-hybridized carbons (Fsp3) is 0.188. The Labute approximate surface area is 127 Å². The van der Waals surface area contributed by atoms with Crippen molar-refractivity contribution in [2.75, 3.05) is 13.7 Å². The van der Waals surface area contributed by atoms with Gasteiger partial charge in [-0.15, -0.1) is 0 Å². The van der Waals surface area contributed by atoms with Gasteiger partial charge in [0.25, 0.3) is 0 Å². The third-order valence-electron chi connectivity index (χ3n) is 2.92. The van der Waals surface area contributed by atoms with Gasteiger partial charge in [-0.2, -0.15) is 0 Å². The Morgan fingerprint density at radius 2 is 1.90 bits per heavy atom. The zero-order valence-corrected chi connectivity index (χ0v) is 12.3. The highest BCUT2D eigenvalue weighted by atomic mass is 35.5. The number of methoxy groups -OCH3 is 1. The van der Waals surface area contributed by atoms with Crippen LogP contribution in [0.4, 0.5) is 0 Å². The lowest BCUT2D eigenvalue weighted by Crippen LogP contribution is -2.00. The van der Waals surface area contributed by atoms with E-state index in [1.54, 1.807) is 19.2 Å². The van der Waals surface area contributed by atoms with Crippen LogP contribution in [0.1, 0.15) is 15.9 Å². The summed E-state index contributed by atoms with van der Waals surface area (Å²) in [5, 5.41) is 9.56. The molecule has 0 aliphatic rings. The van der Waals surface area contributed by atoms with Crippen LogP contribution in [0.5, 0.6) is 11.5 Å². The lowest BCUT2D eigenvalue weighted by Gasteiger charge is -2.10. The molecule has 0 spiro atoms. The molecule has 0 aliphatic carbocycles. The molecule has 0 bridgehead atoms. The van der Waals surface area contributed by atoms with E-state index in [-0.39, 0.29) is 11.3 Å². The second kappa shape index (κ2) is 7.11. The van der Waals surface area contributed by atoms with Gasteiger partial charge in [0.2, 0.25) is 0 Å². The Balaban J connectivity index is 2.18. The molecule has 0 amide bonds. The summed E-state index contributed by atoms with van der Waals surface area (Å²) in [4.78, 5) is 11.2. The van der Waals surface area contributed by atoms with Crippen LogP contribution in [0, 0.1) is 0 Å². The molecule has 1 N–H and O–H groups in total. The quantitative estimate of drug-likeness (QED) is 0.875. The molecule has 0 fully saturated rings. The Morgan fingerprint density at radius 1 is 1.19 bits per heavy atom. The van der Waals surface area contributed by atoms with Crippen molar-refractivity contribution >= 4 is 17.6 Å². The summed E-state index contributed by atoms with van der Waals surface area (Å²) >= 11 is 5.88. The van der Waals surface area contributed by atoms with Crippen LogP contribution in [0.15, 0.2) is 42.5 Å². The van der Waals surface area contributed by atoms with Crippen molar-refractivity contribution < 1.29 is 19.4 Å². The van der Waals surface area contributed by atoms with Crippen molar-refractivity contribution in [1.82, 2.24) is 0 Å². The van der Waals surface area contributed by atoms with Crippen molar-refractivity contribution in [2.45, 2.75) is 6.42 Å². The number of carboxylic acids is 1. The molecule has 5 heteroatoms. The maximum Gasteiger partial charge on any atom is 0.339 e. The van der Waals surface area contributed by atoms with E-state index in [0.717, 1.165) is 12.0 Å². The number of aromatic carboxylic acids is 1. The molecule has 4 nitrogen and oxygen atoms in total. The van der Waals surface area contributed by atoms with Crippen molar-refractivity contribution in [3.63, 3.8) is 0 Å². The third kappa shape index (κ3) is 4.21. The van der Waals surface area contributed by atoms with Crippen LogP contribution < -0.4 is 4.74 Å². The van der Waals surface area contributed by atoms with Crippen LogP contribution in [-0.4, -0.2) is 24.8 Å². The van der Waals surface area contributed by atoms with E-state index in [0.29, 0.717) is 17.4 Å². The van der Waals surface area contributed by atoms with Crippen molar-refractivity contribution in [1.29, 1.82) is 0 Å². The minimum absolute atomic E-state index is 0.0721. The summed E-state index contributed by atoms with van der Waals surface area (Å²) in [6, 6.07) is 11.8. The minimum Gasteiger partial charge on any atom is -0.478 e. The Morgan fingerprint density at radius 3 is 2.52 bits per heavy atom. The largest absolute Gasteiger partial charge is 0.478 e. The Bertz CT molecular complexity index is 623. The standard InChI is InChI=1S/C16H15ClO4/c1-20-9-8-11-2-5-13(6-3-11)21-15-10-12(17)4-7-14(15)16(18)19/h2-7,10H,8-9H2,1H3,(H,18,19). The average molecular weight is 307 g/mol. The first kappa shape index (κ1) is 15.4. The van der Waals surface area contributed by atoms with E-state index in [2.05, 4.69) is 0 Å². The normalized spacial score (nSPS) is 10.4. The van der Waals surface area contributed by atoms with E-state index in [1.807, 2.05) is 12.1 Å². The molecule has 0 aliphatic heterocycles. The number of rotatable bonds is 6. The lowest BCUT2D eigenvalue weighted by molar-refractivity contribution is 0.0694. The fourth-order valence-corrected chi connectivity index (χ4v) is 1.99. The molecule has 0 atom stereocenters. The van der Waals surface area contributed by atoms with Gasteiger partial charge in [-0.05, 0) is 36.2 Å². The van der Waals surface area contributed by atoms with E-state index >= 15 is 0 Å². The van der Waals surface area contributed by atoms with Crippen LogP contribution >= 0.6 is 11.6 Å². The molecule has 2 aromatic carbocycles. The lowest BCUT2D eigenvalue weighted by atomic mass is 10.1. The van der Waals surface area contributed by atoms with Gasteiger partial charge in [-0.1, -0.05) is 23.7 Å². The first-order valence-electron chi connectivity index (χ1n) is 6.38. The van der Waals surface area contributed by atoms with Crippen LogP contribution in [0.3, 0.4) is 0 Å². The van der Waals surface area contributed by atoms with Gasteiger partial charge in [0, 0.05) is 18.2 Å². The summed E-state index contributed by atoms with van der Waals surface area (Å²) in [6.07, 6.45) is 0.814. The SMILES string of the molecule is COCCc1ccc(Oc2cc(Cl)ccc2C(=O)O)cc1. The van der Waals surface area contributed by atoms with Gasteiger partial charge in [0.15, 0.2) is 0 Å². The first-order valence-corrected chi connectivity index (χ1v) is 6.76. The molecule has 2 rings (SSSR count). The molecule has 2 aromatic rings. The minimum atomic E-state index is -1.06. The number of ether oxygens (including phenoxy) is 2. The Kier molecular flexibility index (Phi) is 5.20.